The van der Waals surface area contributed by atoms with Crippen LogP contribution < -0.4 is 5.73 Å². The van der Waals surface area contributed by atoms with Crippen LogP contribution in [-0.2, 0) is 6.42 Å². The minimum Gasteiger partial charge on any atom is -0.330 e. The normalized spacial score (nSPS) is 19.2. The third kappa shape index (κ3) is 3.32. The van der Waals surface area contributed by atoms with Gasteiger partial charge in [0, 0.05) is 0 Å². The van der Waals surface area contributed by atoms with Crippen LogP contribution >= 0.6 is 0 Å². The van der Waals surface area contributed by atoms with E-state index in [0.29, 0.717) is 5.92 Å². The molecule has 0 radical (unpaired) electrons. The fourth-order valence-corrected chi connectivity index (χ4v) is 3.17. The van der Waals surface area contributed by atoms with Gasteiger partial charge in [-0.2, -0.15) is 0 Å². The van der Waals surface area contributed by atoms with Crippen LogP contribution in [0.25, 0.3) is 0 Å². The number of benzene rings is 1. The third-order valence-electron chi connectivity index (χ3n) is 4.36. The summed E-state index contributed by atoms with van der Waals surface area (Å²) < 4.78 is 0. The highest BCUT2D eigenvalue weighted by Gasteiger charge is 2.22. The van der Waals surface area contributed by atoms with E-state index in [9.17, 15) is 0 Å². The van der Waals surface area contributed by atoms with Crippen molar-refractivity contribution in [2.24, 2.45) is 17.6 Å². The molecule has 0 aliphatic heterocycles. The summed E-state index contributed by atoms with van der Waals surface area (Å²) in [6, 6.07) is 8.75. The second-order valence-electron chi connectivity index (χ2n) is 5.52. The zero-order valence-electron chi connectivity index (χ0n) is 11.0. The van der Waals surface area contributed by atoms with Gasteiger partial charge in [0.05, 0.1) is 0 Å². The van der Waals surface area contributed by atoms with Gasteiger partial charge >= 0.3 is 0 Å². The van der Waals surface area contributed by atoms with Gasteiger partial charge in [-0.05, 0) is 42.9 Å². The topological polar surface area (TPSA) is 26.0 Å². The molecular weight excluding hydrogens is 206 g/mol. The molecule has 1 atom stereocenters. The summed E-state index contributed by atoms with van der Waals surface area (Å²) >= 11 is 0. The van der Waals surface area contributed by atoms with Crippen LogP contribution in [0.3, 0.4) is 0 Å². The van der Waals surface area contributed by atoms with Gasteiger partial charge in [-0.3, -0.25) is 0 Å². The summed E-state index contributed by atoms with van der Waals surface area (Å²) in [6.45, 7) is 3.06. The van der Waals surface area contributed by atoms with E-state index in [1.165, 1.54) is 49.7 Å². The van der Waals surface area contributed by atoms with Crippen molar-refractivity contribution in [3.05, 3.63) is 35.4 Å². The summed E-state index contributed by atoms with van der Waals surface area (Å²) in [5.41, 5.74) is 8.91. The first-order valence-electron chi connectivity index (χ1n) is 7.06. The Hall–Kier alpha value is -0.820. The third-order valence-corrected chi connectivity index (χ3v) is 4.36. The predicted molar refractivity (Wildman–Crippen MR) is 74.0 cm³/mol. The Kier molecular flexibility index (Phi) is 4.61. The van der Waals surface area contributed by atoms with Crippen molar-refractivity contribution in [1.29, 1.82) is 0 Å². The average Bonchev–Trinajstić information content (AvgIpc) is 2.39. The Balaban J connectivity index is 2.01. The predicted octanol–water partition coefficient (Wildman–Crippen LogP) is 3.69. The van der Waals surface area contributed by atoms with Crippen LogP contribution in [-0.4, -0.2) is 6.54 Å². The number of hydrogen-bond donors (Lipinski definition) is 1. The Morgan fingerprint density at radius 2 is 1.88 bits per heavy atom. The molecule has 1 aliphatic rings. The van der Waals surface area contributed by atoms with Gasteiger partial charge < -0.3 is 5.73 Å². The molecule has 1 nitrogen and oxygen atoms in total. The number of rotatable bonds is 4. The molecule has 0 amide bonds. The molecule has 94 valence electrons. The summed E-state index contributed by atoms with van der Waals surface area (Å²) in [5, 5.41) is 0. The first-order chi connectivity index (χ1) is 8.31. The van der Waals surface area contributed by atoms with Crippen molar-refractivity contribution in [3.63, 3.8) is 0 Å². The van der Waals surface area contributed by atoms with Crippen LogP contribution in [0.15, 0.2) is 24.3 Å². The molecule has 0 saturated heterocycles. The molecule has 1 aromatic carbocycles. The first-order valence-corrected chi connectivity index (χ1v) is 7.06. The first kappa shape index (κ1) is 12.6. The molecule has 1 fully saturated rings. The van der Waals surface area contributed by atoms with Crippen molar-refractivity contribution in [3.8, 4) is 0 Å². The molecule has 2 rings (SSSR count). The van der Waals surface area contributed by atoms with Crippen LogP contribution in [0, 0.1) is 18.8 Å². The molecule has 0 heterocycles. The lowest BCUT2D eigenvalue weighted by atomic mass is 9.77. The van der Waals surface area contributed by atoms with Gasteiger partial charge in [0.25, 0.3) is 0 Å². The van der Waals surface area contributed by atoms with Crippen LogP contribution in [0.1, 0.15) is 43.2 Å². The summed E-state index contributed by atoms with van der Waals surface area (Å²) in [7, 11) is 0. The van der Waals surface area contributed by atoms with Gasteiger partial charge in [0.2, 0.25) is 0 Å². The van der Waals surface area contributed by atoms with E-state index in [1.807, 2.05) is 0 Å². The van der Waals surface area contributed by atoms with Crippen molar-refractivity contribution in [2.45, 2.75) is 45.4 Å². The maximum Gasteiger partial charge on any atom is -0.00430 e. The minimum atomic E-state index is 0.691. The highest BCUT2D eigenvalue weighted by atomic mass is 14.6. The smallest absolute Gasteiger partial charge is 0.00430 e. The summed E-state index contributed by atoms with van der Waals surface area (Å²) in [6.07, 6.45) is 8.22. The highest BCUT2D eigenvalue weighted by Crippen LogP contribution is 2.31. The number of aryl methyl sites for hydroxylation is 1. The zero-order chi connectivity index (χ0) is 12.1. The van der Waals surface area contributed by atoms with Crippen LogP contribution in [0.2, 0.25) is 0 Å². The molecule has 1 aliphatic carbocycles. The van der Waals surface area contributed by atoms with Crippen LogP contribution in [0.5, 0.6) is 0 Å². The van der Waals surface area contributed by atoms with E-state index in [1.54, 1.807) is 0 Å². The van der Waals surface area contributed by atoms with Gasteiger partial charge in [0.1, 0.15) is 0 Å². The van der Waals surface area contributed by atoms with E-state index in [4.69, 9.17) is 5.73 Å². The van der Waals surface area contributed by atoms with E-state index in [0.717, 1.165) is 12.5 Å². The molecular formula is C16H25N. The summed E-state index contributed by atoms with van der Waals surface area (Å²) in [4.78, 5) is 0. The zero-order valence-corrected chi connectivity index (χ0v) is 11.0. The maximum atomic E-state index is 6.00. The number of hydrogen-bond acceptors (Lipinski definition) is 1. The molecule has 1 saturated carbocycles. The van der Waals surface area contributed by atoms with Crippen molar-refractivity contribution >= 4 is 0 Å². The van der Waals surface area contributed by atoms with Crippen LogP contribution in [0.4, 0.5) is 0 Å². The maximum absolute atomic E-state index is 6.00. The molecule has 0 aromatic heterocycles. The fraction of sp³-hybridized carbons (Fsp3) is 0.625. The SMILES string of the molecule is Cc1ccccc1CC(CN)C1CCCCC1. The molecule has 0 spiro atoms. The van der Waals surface area contributed by atoms with Crippen molar-refractivity contribution in [2.75, 3.05) is 6.54 Å². The molecule has 0 bridgehead atoms. The van der Waals surface area contributed by atoms with Crippen molar-refractivity contribution in [1.82, 2.24) is 0 Å². The van der Waals surface area contributed by atoms with E-state index >= 15 is 0 Å². The molecule has 17 heavy (non-hydrogen) atoms. The molecule has 2 N–H and O–H groups in total. The Labute approximate surface area is 105 Å². The standard InChI is InChI=1S/C16H25N/c1-13-7-5-6-10-15(13)11-16(12-17)14-8-3-2-4-9-14/h5-7,10,14,16H,2-4,8-9,11-12,17H2,1H3. The quantitative estimate of drug-likeness (QED) is 0.840. The van der Waals surface area contributed by atoms with E-state index in [-0.39, 0.29) is 0 Å². The fourth-order valence-electron chi connectivity index (χ4n) is 3.17. The Morgan fingerprint density at radius 1 is 1.18 bits per heavy atom. The minimum absolute atomic E-state index is 0.691. The second-order valence-corrected chi connectivity index (χ2v) is 5.52. The highest BCUT2D eigenvalue weighted by molar-refractivity contribution is 5.26. The molecule has 1 unspecified atom stereocenters. The van der Waals surface area contributed by atoms with E-state index in [2.05, 4.69) is 31.2 Å². The lowest BCUT2D eigenvalue weighted by Gasteiger charge is -2.29. The Bertz CT molecular complexity index is 339. The largest absolute Gasteiger partial charge is 0.330 e. The molecule has 1 aromatic rings. The number of nitrogens with two attached hydrogens (primary N) is 1. The van der Waals surface area contributed by atoms with E-state index < -0.39 is 0 Å². The average molecular weight is 231 g/mol. The van der Waals surface area contributed by atoms with Gasteiger partial charge in [-0.25, -0.2) is 0 Å². The Morgan fingerprint density at radius 3 is 2.53 bits per heavy atom. The molecule has 1 heteroatoms. The van der Waals surface area contributed by atoms with Gasteiger partial charge in [0.15, 0.2) is 0 Å². The lowest BCUT2D eigenvalue weighted by molar-refractivity contribution is 0.251. The summed E-state index contributed by atoms with van der Waals surface area (Å²) in [5.74, 6) is 1.56. The lowest BCUT2D eigenvalue weighted by Crippen LogP contribution is -2.27. The van der Waals surface area contributed by atoms with Gasteiger partial charge in [-0.15, -0.1) is 0 Å². The monoisotopic (exact) mass is 231 g/mol. The second kappa shape index (κ2) is 6.20. The van der Waals surface area contributed by atoms with Crippen molar-refractivity contribution < 1.29 is 0 Å². The van der Waals surface area contributed by atoms with Gasteiger partial charge in [-0.1, -0.05) is 56.4 Å².